The number of rotatable bonds is 2. The van der Waals surface area contributed by atoms with Crippen LogP contribution in [0.2, 0.25) is 5.02 Å². The molecule has 2 aliphatic heterocycles. The minimum absolute atomic E-state index is 0.00125. The van der Waals surface area contributed by atoms with Gasteiger partial charge in [0, 0.05) is 29.1 Å². The third-order valence-corrected chi connectivity index (χ3v) is 4.85. The van der Waals surface area contributed by atoms with Crippen LogP contribution in [0, 0.1) is 0 Å². The summed E-state index contributed by atoms with van der Waals surface area (Å²) in [5, 5.41) is 1.57. The van der Waals surface area contributed by atoms with Crippen molar-refractivity contribution in [1.29, 1.82) is 0 Å². The van der Waals surface area contributed by atoms with Gasteiger partial charge < -0.3 is 18.8 Å². The SMILES string of the molecule is O=C(Cc1coc2cc(Cl)ccc12)N1CCO[C@@H]2COCC[C@@H]21. The molecule has 2 saturated heterocycles. The number of hydrogen-bond donors (Lipinski definition) is 0. The Morgan fingerprint density at radius 1 is 1.35 bits per heavy atom. The van der Waals surface area contributed by atoms with E-state index in [1.807, 2.05) is 17.0 Å². The van der Waals surface area contributed by atoms with E-state index in [0.29, 0.717) is 43.4 Å². The zero-order valence-corrected chi connectivity index (χ0v) is 13.4. The quantitative estimate of drug-likeness (QED) is 0.846. The van der Waals surface area contributed by atoms with Gasteiger partial charge in [-0.25, -0.2) is 0 Å². The van der Waals surface area contributed by atoms with E-state index in [2.05, 4.69) is 0 Å². The van der Waals surface area contributed by atoms with Gasteiger partial charge in [0.2, 0.25) is 5.91 Å². The van der Waals surface area contributed by atoms with Gasteiger partial charge in [-0.15, -0.1) is 0 Å². The molecule has 2 aliphatic rings. The zero-order valence-electron chi connectivity index (χ0n) is 12.7. The molecule has 0 spiro atoms. The summed E-state index contributed by atoms with van der Waals surface area (Å²) in [6.45, 7) is 2.46. The molecule has 0 radical (unpaired) electrons. The Balaban J connectivity index is 1.54. The summed E-state index contributed by atoms with van der Waals surface area (Å²) in [6, 6.07) is 5.61. The molecule has 0 aliphatic carbocycles. The highest BCUT2D eigenvalue weighted by Gasteiger charge is 2.37. The van der Waals surface area contributed by atoms with E-state index in [1.165, 1.54) is 0 Å². The molecule has 1 amide bonds. The van der Waals surface area contributed by atoms with Gasteiger partial charge in [0.25, 0.3) is 0 Å². The Hall–Kier alpha value is -1.56. The van der Waals surface area contributed by atoms with E-state index in [9.17, 15) is 4.79 Å². The monoisotopic (exact) mass is 335 g/mol. The Bertz CT molecular complexity index is 726. The van der Waals surface area contributed by atoms with Crippen molar-refractivity contribution in [1.82, 2.24) is 4.90 Å². The fourth-order valence-electron chi connectivity index (χ4n) is 3.45. The Labute approximate surface area is 139 Å². The predicted octanol–water partition coefficient (Wildman–Crippen LogP) is 2.65. The van der Waals surface area contributed by atoms with Gasteiger partial charge in [-0.1, -0.05) is 11.6 Å². The maximum atomic E-state index is 12.8. The maximum absolute atomic E-state index is 12.8. The van der Waals surface area contributed by atoms with Crippen LogP contribution in [0.4, 0.5) is 0 Å². The third-order valence-electron chi connectivity index (χ3n) is 4.61. The molecule has 122 valence electrons. The van der Waals surface area contributed by atoms with Crippen LogP contribution >= 0.6 is 11.6 Å². The van der Waals surface area contributed by atoms with Crippen molar-refractivity contribution in [3.63, 3.8) is 0 Å². The second-order valence-electron chi connectivity index (χ2n) is 6.01. The van der Waals surface area contributed by atoms with Crippen molar-refractivity contribution >= 4 is 28.5 Å². The number of halogens is 1. The summed E-state index contributed by atoms with van der Waals surface area (Å²) in [5.74, 6) is 0.114. The Morgan fingerprint density at radius 3 is 3.17 bits per heavy atom. The number of benzene rings is 1. The van der Waals surface area contributed by atoms with E-state index in [0.717, 1.165) is 17.4 Å². The average molecular weight is 336 g/mol. The normalized spacial score (nSPS) is 24.7. The molecule has 5 nitrogen and oxygen atoms in total. The summed E-state index contributed by atoms with van der Waals surface area (Å²) >= 11 is 5.97. The number of fused-ring (bicyclic) bond motifs is 2. The van der Waals surface area contributed by atoms with Gasteiger partial charge in [0.05, 0.1) is 31.9 Å². The van der Waals surface area contributed by atoms with Gasteiger partial charge in [-0.05, 0) is 24.6 Å². The van der Waals surface area contributed by atoms with Gasteiger partial charge in [-0.2, -0.15) is 0 Å². The molecule has 3 heterocycles. The van der Waals surface area contributed by atoms with Crippen LogP contribution in [0.3, 0.4) is 0 Å². The molecule has 4 rings (SSSR count). The third kappa shape index (κ3) is 2.84. The maximum Gasteiger partial charge on any atom is 0.227 e. The average Bonchev–Trinajstić information content (AvgIpc) is 2.96. The van der Waals surface area contributed by atoms with Crippen LogP contribution in [0.15, 0.2) is 28.9 Å². The molecule has 2 fully saturated rings. The topological polar surface area (TPSA) is 51.9 Å². The number of ether oxygens (including phenoxy) is 2. The minimum Gasteiger partial charge on any atom is -0.464 e. The fourth-order valence-corrected chi connectivity index (χ4v) is 3.61. The molecule has 0 saturated carbocycles. The highest BCUT2D eigenvalue weighted by atomic mass is 35.5. The highest BCUT2D eigenvalue weighted by molar-refractivity contribution is 6.31. The van der Waals surface area contributed by atoms with E-state index in [1.54, 1.807) is 12.3 Å². The molecular formula is C17H18ClNO4. The lowest BCUT2D eigenvalue weighted by Gasteiger charge is -2.43. The van der Waals surface area contributed by atoms with E-state index >= 15 is 0 Å². The number of carbonyl (C=O) groups is 1. The molecule has 0 unspecified atom stereocenters. The lowest BCUT2D eigenvalue weighted by atomic mass is 10.0. The standard InChI is InChI=1S/C17H18ClNO4/c18-12-1-2-13-11(9-23-15(13)8-12)7-17(20)19-4-6-22-16-10-21-5-3-14(16)19/h1-2,8-9,14,16H,3-7,10H2/t14-,16+/m0/s1. The Morgan fingerprint density at radius 2 is 2.26 bits per heavy atom. The highest BCUT2D eigenvalue weighted by Crippen LogP contribution is 2.27. The number of hydrogen-bond acceptors (Lipinski definition) is 4. The van der Waals surface area contributed by atoms with Gasteiger partial charge in [-0.3, -0.25) is 4.79 Å². The summed E-state index contributed by atoms with van der Waals surface area (Å²) in [7, 11) is 0. The van der Waals surface area contributed by atoms with Crippen molar-refractivity contribution in [3.05, 3.63) is 35.0 Å². The molecular weight excluding hydrogens is 318 g/mol. The van der Waals surface area contributed by atoms with Crippen molar-refractivity contribution in [2.45, 2.75) is 25.0 Å². The van der Waals surface area contributed by atoms with Crippen LogP contribution in [-0.2, 0) is 20.7 Å². The van der Waals surface area contributed by atoms with Gasteiger partial charge in [0.15, 0.2) is 0 Å². The smallest absolute Gasteiger partial charge is 0.227 e. The Kier molecular flexibility index (Phi) is 4.01. The second-order valence-corrected chi connectivity index (χ2v) is 6.44. The van der Waals surface area contributed by atoms with Crippen LogP contribution in [0.5, 0.6) is 0 Å². The summed E-state index contributed by atoms with van der Waals surface area (Å²) < 4.78 is 16.7. The first-order valence-electron chi connectivity index (χ1n) is 7.87. The first-order chi connectivity index (χ1) is 11.2. The van der Waals surface area contributed by atoms with Crippen molar-refractivity contribution in [2.24, 2.45) is 0 Å². The molecule has 2 aromatic rings. The zero-order chi connectivity index (χ0) is 15.8. The van der Waals surface area contributed by atoms with Crippen LogP contribution in [0.1, 0.15) is 12.0 Å². The first kappa shape index (κ1) is 15.0. The lowest BCUT2D eigenvalue weighted by molar-refractivity contribution is -0.161. The number of amides is 1. The minimum atomic E-state index is 0.00125. The summed E-state index contributed by atoms with van der Waals surface area (Å²) in [6.07, 6.45) is 2.82. The summed E-state index contributed by atoms with van der Waals surface area (Å²) in [5.41, 5.74) is 1.61. The molecule has 0 bridgehead atoms. The fraction of sp³-hybridized carbons (Fsp3) is 0.471. The second kappa shape index (κ2) is 6.15. The molecule has 6 heteroatoms. The summed E-state index contributed by atoms with van der Waals surface area (Å²) in [4.78, 5) is 14.7. The predicted molar refractivity (Wildman–Crippen MR) is 85.6 cm³/mol. The first-order valence-corrected chi connectivity index (χ1v) is 8.24. The number of morpholine rings is 1. The van der Waals surface area contributed by atoms with E-state index < -0.39 is 0 Å². The van der Waals surface area contributed by atoms with Crippen LogP contribution in [-0.4, -0.2) is 49.3 Å². The number of nitrogens with zero attached hydrogens (tertiary/aromatic N) is 1. The molecule has 0 N–H and O–H groups in total. The molecule has 1 aromatic heterocycles. The van der Waals surface area contributed by atoms with Crippen LogP contribution < -0.4 is 0 Å². The largest absolute Gasteiger partial charge is 0.464 e. The van der Waals surface area contributed by atoms with Crippen molar-refractivity contribution < 1.29 is 18.7 Å². The number of carbonyl (C=O) groups excluding carboxylic acids is 1. The molecule has 1 aromatic carbocycles. The lowest BCUT2D eigenvalue weighted by Crippen LogP contribution is -2.57. The van der Waals surface area contributed by atoms with E-state index in [-0.39, 0.29) is 18.1 Å². The van der Waals surface area contributed by atoms with E-state index in [4.69, 9.17) is 25.5 Å². The van der Waals surface area contributed by atoms with Crippen molar-refractivity contribution in [2.75, 3.05) is 26.4 Å². The number of furan rings is 1. The van der Waals surface area contributed by atoms with Gasteiger partial charge in [0.1, 0.15) is 11.7 Å². The van der Waals surface area contributed by atoms with Crippen LogP contribution in [0.25, 0.3) is 11.0 Å². The van der Waals surface area contributed by atoms with Gasteiger partial charge >= 0.3 is 0 Å². The molecule has 23 heavy (non-hydrogen) atoms. The molecule has 2 atom stereocenters. The van der Waals surface area contributed by atoms with Crippen molar-refractivity contribution in [3.8, 4) is 0 Å².